The molecule has 0 aromatic heterocycles. The van der Waals surface area contributed by atoms with Crippen LogP contribution >= 0.6 is 11.6 Å². The lowest BCUT2D eigenvalue weighted by atomic mass is 10.1. The van der Waals surface area contributed by atoms with E-state index in [1.165, 1.54) is 6.07 Å². The van der Waals surface area contributed by atoms with Gasteiger partial charge in [-0.1, -0.05) is 18.2 Å². The van der Waals surface area contributed by atoms with Crippen LogP contribution in [0.15, 0.2) is 42.5 Å². The lowest BCUT2D eigenvalue weighted by Crippen LogP contribution is -2.15. The first-order valence-electron chi connectivity index (χ1n) is 6.47. The molecule has 2 nitrogen and oxygen atoms in total. The minimum atomic E-state index is -0.720. The third-order valence-corrected chi connectivity index (χ3v) is 3.18. The number of alkyl halides is 1. The second-order valence-corrected chi connectivity index (χ2v) is 4.97. The molecule has 0 radical (unpaired) electrons. The fourth-order valence-electron chi connectivity index (χ4n) is 1.91. The Labute approximate surface area is 126 Å². The van der Waals surface area contributed by atoms with Gasteiger partial charge in [0.2, 0.25) is 5.91 Å². The average Bonchev–Trinajstić information content (AvgIpc) is 2.44. The van der Waals surface area contributed by atoms with Crippen LogP contribution in [0.3, 0.4) is 0 Å². The largest absolute Gasteiger partial charge is 0.326 e. The molecule has 0 saturated carbocycles. The summed E-state index contributed by atoms with van der Waals surface area (Å²) in [6.07, 6.45) is 0.617. The van der Waals surface area contributed by atoms with Gasteiger partial charge in [-0.25, -0.2) is 8.78 Å². The number of carbonyl (C=O) groups is 1. The lowest BCUT2D eigenvalue weighted by molar-refractivity contribution is -0.115. The quantitative estimate of drug-likeness (QED) is 0.833. The summed E-state index contributed by atoms with van der Waals surface area (Å²) in [5.41, 5.74) is 1.86. The van der Waals surface area contributed by atoms with Crippen molar-refractivity contribution in [3.63, 3.8) is 0 Å². The van der Waals surface area contributed by atoms with Crippen molar-refractivity contribution >= 4 is 23.2 Å². The van der Waals surface area contributed by atoms with Gasteiger partial charge in [0.1, 0.15) is 11.6 Å². The number of nitrogens with one attached hydrogen (secondary N) is 1. The normalized spacial score (nSPS) is 10.4. The molecule has 0 atom stereocenters. The third kappa shape index (κ3) is 4.53. The van der Waals surface area contributed by atoms with Crippen molar-refractivity contribution in [3.05, 3.63) is 65.2 Å². The summed E-state index contributed by atoms with van der Waals surface area (Å²) in [5.74, 6) is -1.20. The maximum Gasteiger partial charge on any atom is 0.228 e. The molecular weight excluding hydrogens is 296 g/mol. The van der Waals surface area contributed by atoms with Crippen molar-refractivity contribution in [1.29, 1.82) is 0 Å². The average molecular weight is 310 g/mol. The Morgan fingerprint density at radius 1 is 1.10 bits per heavy atom. The van der Waals surface area contributed by atoms with Gasteiger partial charge < -0.3 is 5.32 Å². The van der Waals surface area contributed by atoms with Crippen LogP contribution < -0.4 is 5.32 Å². The van der Waals surface area contributed by atoms with Crippen molar-refractivity contribution in [3.8, 4) is 0 Å². The zero-order valence-corrected chi connectivity index (χ0v) is 12.0. The SMILES string of the molecule is O=C(Cc1ccc(F)cc1F)Nc1ccc(CCCl)cc1. The Balaban J connectivity index is 1.98. The maximum absolute atomic E-state index is 13.5. The minimum Gasteiger partial charge on any atom is -0.326 e. The molecule has 2 rings (SSSR count). The number of anilines is 1. The second kappa shape index (κ2) is 7.18. The van der Waals surface area contributed by atoms with Crippen LogP contribution in [0.5, 0.6) is 0 Å². The monoisotopic (exact) mass is 309 g/mol. The van der Waals surface area contributed by atoms with Gasteiger partial charge >= 0.3 is 0 Å². The molecule has 21 heavy (non-hydrogen) atoms. The van der Waals surface area contributed by atoms with Gasteiger partial charge in [-0.15, -0.1) is 11.6 Å². The number of aryl methyl sites for hydroxylation is 1. The highest BCUT2D eigenvalue weighted by Crippen LogP contribution is 2.13. The van der Waals surface area contributed by atoms with Gasteiger partial charge in [0.05, 0.1) is 6.42 Å². The van der Waals surface area contributed by atoms with Crippen LogP contribution in [0.2, 0.25) is 0 Å². The number of hydrogen-bond acceptors (Lipinski definition) is 1. The highest BCUT2D eigenvalue weighted by molar-refractivity contribution is 6.18. The molecule has 0 aliphatic rings. The Bertz CT molecular complexity index is 629. The van der Waals surface area contributed by atoms with E-state index in [4.69, 9.17) is 11.6 Å². The van der Waals surface area contributed by atoms with E-state index in [9.17, 15) is 13.6 Å². The van der Waals surface area contributed by atoms with Crippen LogP contribution in [0, 0.1) is 11.6 Å². The smallest absolute Gasteiger partial charge is 0.228 e. The van der Waals surface area contributed by atoms with Crippen molar-refractivity contribution in [2.24, 2.45) is 0 Å². The molecule has 0 heterocycles. The Morgan fingerprint density at radius 3 is 2.43 bits per heavy atom. The third-order valence-electron chi connectivity index (χ3n) is 2.99. The molecule has 1 amide bonds. The predicted octanol–water partition coefficient (Wildman–Crippen LogP) is 3.93. The Hall–Kier alpha value is -1.94. The van der Waals surface area contributed by atoms with Crippen LogP contribution in [0.4, 0.5) is 14.5 Å². The van der Waals surface area contributed by atoms with E-state index in [0.29, 0.717) is 11.6 Å². The molecule has 110 valence electrons. The van der Waals surface area contributed by atoms with E-state index >= 15 is 0 Å². The summed E-state index contributed by atoms with van der Waals surface area (Å²) >= 11 is 5.64. The molecule has 2 aromatic carbocycles. The van der Waals surface area contributed by atoms with E-state index in [2.05, 4.69) is 5.32 Å². The Morgan fingerprint density at radius 2 is 1.81 bits per heavy atom. The zero-order valence-electron chi connectivity index (χ0n) is 11.2. The number of carbonyl (C=O) groups excluding carboxylic acids is 1. The first kappa shape index (κ1) is 15.4. The number of benzene rings is 2. The molecule has 0 saturated heterocycles. The molecule has 0 aliphatic carbocycles. The molecule has 0 unspecified atom stereocenters. The van der Waals surface area contributed by atoms with E-state index in [1.807, 2.05) is 12.1 Å². The van der Waals surface area contributed by atoms with E-state index in [0.717, 1.165) is 24.1 Å². The zero-order chi connectivity index (χ0) is 15.2. The molecular formula is C16H14ClF2NO. The molecule has 0 aliphatic heterocycles. The van der Waals surface area contributed by atoms with Gasteiger partial charge in [0.25, 0.3) is 0 Å². The van der Waals surface area contributed by atoms with Crippen LogP contribution in [0.1, 0.15) is 11.1 Å². The van der Waals surface area contributed by atoms with E-state index < -0.39 is 11.6 Å². The van der Waals surface area contributed by atoms with Gasteiger partial charge in [-0.05, 0) is 35.7 Å². The summed E-state index contributed by atoms with van der Waals surface area (Å²) in [5, 5.41) is 2.67. The lowest BCUT2D eigenvalue weighted by Gasteiger charge is -2.07. The van der Waals surface area contributed by atoms with Crippen molar-refractivity contribution in [1.82, 2.24) is 0 Å². The van der Waals surface area contributed by atoms with Crippen LogP contribution in [-0.2, 0) is 17.6 Å². The second-order valence-electron chi connectivity index (χ2n) is 4.60. The number of halogens is 3. The summed E-state index contributed by atoms with van der Waals surface area (Å²) in [6.45, 7) is 0. The molecule has 2 aromatic rings. The summed E-state index contributed by atoms with van der Waals surface area (Å²) < 4.78 is 26.2. The summed E-state index contributed by atoms with van der Waals surface area (Å²) in [4.78, 5) is 11.8. The van der Waals surface area contributed by atoms with Crippen molar-refractivity contribution in [2.75, 3.05) is 11.2 Å². The number of rotatable bonds is 5. The van der Waals surface area contributed by atoms with Gasteiger partial charge in [0, 0.05) is 17.6 Å². The highest BCUT2D eigenvalue weighted by atomic mass is 35.5. The minimum absolute atomic E-state index is 0.143. The summed E-state index contributed by atoms with van der Waals surface area (Å²) in [7, 11) is 0. The maximum atomic E-state index is 13.5. The molecule has 5 heteroatoms. The first-order valence-corrected chi connectivity index (χ1v) is 7.00. The van der Waals surface area contributed by atoms with Gasteiger partial charge in [-0.2, -0.15) is 0 Å². The molecule has 0 fully saturated rings. The van der Waals surface area contributed by atoms with Gasteiger partial charge in [0.15, 0.2) is 0 Å². The number of amides is 1. The Kier molecular flexibility index (Phi) is 5.28. The van der Waals surface area contributed by atoms with E-state index in [1.54, 1.807) is 12.1 Å². The van der Waals surface area contributed by atoms with E-state index in [-0.39, 0.29) is 17.9 Å². The molecule has 0 spiro atoms. The number of hydrogen-bond donors (Lipinski definition) is 1. The molecule has 1 N–H and O–H groups in total. The van der Waals surface area contributed by atoms with Crippen LogP contribution in [0.25, 0.3) is 0 Å². The fraction of sp³-hybridized carbons (Fsp3) is 0.188. The fourth-order valence-corrected chi connectivity index (χ4v) is 2.13. The molecule has 0 bridgehead atoms. The van der Waals surface area contributed by atoms with Gasteiger partial charge in [-0.3, -0.25) is 4.79 Å². The summed E-state index contributed by atoms with van der Waals surface area (Å²) in [6, 6.07) is 10.4. The van der Waals surface area contributed by atoms with Crippen LogP contribution in [-0.4, -0.2) is 11.8 Å². The predicted molar refractivity (Wildman–Crippen MR) is 79.6 cm³/mol. The first-order chi connectivity index (χ1) is 10.1. The highest BCUT2D eigenvalue weighted by Gasteiger charge is 2.09. The van der Waals surface area contributed by atoms with Crippen molar-refractivity contribution < 1.29 is 13.6 Å². The topological polar surface area (TPSA) is 29.1 Å². The van der Waals surface area contributed by atoms with Crippen molar-refractivity contribution in [2.45, 2.75) is 12.8 Å². The standard InChI is InChI=1S/C16H14ClF2NO/c17-8-7-11-1-5-14(6-2-11)20-16(21)9-12-3-4-13(18)10-15(12)19/h1-6,10H,7-9H2,(H,20,21).